The first-order valence-corrected chi connectivity index (χ1v) is 11.2. The molecule has 0 aliphatic rings. The molecule has 32 heavy (non-hydrogen) atoms. The number of halogens is 1. The maximum absolute atomic E-state index is 13.2. The van der Waals surface area contributed by atoms with Gasteiger partial charge in [-0.15, -0.1) is 0 Å². The second-order valence-corrected chi connectivity index (χ2v) is 8.82. The minimum Gasteiger partial charge on any atom is -0.307 e. The van der Waals surface area contributed by atoms with Gasteiger partial charge in [0.25, 0.3) is 0 Å². The van der Waals surface area contributed by atoms with Gasteiger partial charge in [-0.25, -0.2) is 9.78 Å². The molecular formula is C26H27ClN4O. The summed E-state index contributed by atoms with van der Waals surface area (Å²) in [6.45, 7) is 8.50. The Balaban J connectivity index is 1.74. The summed E-state index contributed by atoms with van der Waals surface area (Å²) in [5.41, 5.74) is 5.45. The molecule has 2 N–H and O–H groups in total. The fourth-order valence-corrected chi connectivity index (χ4v) is 4.15. The second-order valence-electron chi connectivity index (χ2n) is 8.41. The molecule has 0 saturated heterocycles. The van der Waals surface area contributed by atoms with Crippen molar-refractivity contribution in [3.8, 4) is 5.69 Å². The van der Waals surface area contributed by atoms with Gasteiger partial charge >= 0.3 is 6.03 Å². The lowest BCUT2D eigenvalue weighted by molar-refractivity contribution is 0.262. The number of benzene rings is 3. The van der Waals surface area contributed by atoms with E-state index in [4.69, 9.17) is 11.6 Å². The maximum atomic E-state index is 13.2. The van der Waals surface area contributed by atoms with Crippen molar-refractivity contribution in [3.63, 3.8) is 0 Å². The molecule has 0 bridgehead atoms. The lowest BCUT2D eigenvalue weighted by Crippen LogP contribution is -2.23. The van der Waals surface area contributed by atoms with E-state index < -0.39 is 0 Å². The van der Waals surface area contributed by atoms with Crippen molar-refractivity contribution in [2.45, 2.75) is 39.5 Å². The number of nitrogens with zero attached hydrogens (tertiary/aromatic N) is 2. The summed E-state index contributed by atoms with van der Waals surface area (Å²) < 4.78 is 1.87. The number of para-hydroxylation sites is 4. The van der Waals surface area contributed by atoms with Gasteiger partial charge in [-0.05, 0) is 47.2 Å². The Kier molecular flexibility index (Phi) is 6.19. The van der Waals surface area contributed by atoms with Gasteiger partial charge in [0.1, 0.15) is 0 Å². The summed E-state index contributed by atoms with van der Waals surface area (Å²) in [7, 11) is 0. The van der Waals surface area contributed by atoms with Gasteiger partial charge in [-0.1, -0.05) is 81.8 Å². The van der Waals surface area contributed by atoms with Gasteiger partial charge in [0, 0.05) is 5.69 Å². The average molecular weight is 447 g/mol. The Hall–Kier alpha value is -3.31. The molecule has 164 valence electrons. The Bertz CT molecular complexity index is 1250. The average Bonchev–Trinajstić information content (AvgIpc) is 3.11. The first-order chi connectivity index (χ1) is 15.4. The zero-order valence-electron chi connectivity index (χ0n) is 18.7. The minimum atomic E-state index is -0.344. The fourth-order valence-electron chi connectivity index (χ4n) is 3.93. The van der Waals surface area contributed by atoms with Crippen molar-refractivity contribution in [2.75, 3.05) is 10.6 Å². The van der Waals surface area contributed by atoms with Gasteiger partial charge in [0.2, 0.25) is 5.95 Å². The van der Waals surface area contributed by atoms with Crippen LogP contribution in [-0.2, 0) is 0 Å². The van der Waals surface area contributed by atoms with E-state index in [1.54, 1.807) is 0 Å². The van der Waals surface area contributed by atoms with Crippen LogP contribution in [0.4, 0.5) is 16.4 Å². The normalized spacial score (nSPS) is 11.3. The van der Waals surface area contributed by atoms with E-state index in [1.807, 2.05) is 59.2 Å². The number of anilines is 2. The molecule has 0 saturated carbocycles. The number of nitrogens with one attached hydrogen (secondary N) is 2. The molecule has 6 heteroatoms. The van der Waals surface area contributed by atoms with E-state index in [9.17, 15) is 4.79 Å². The van der Waals surface area contributed by atoms with Crippen molar-refractivity contribution in [2.24, 2.45) is 0 Å². The van der Waals surface area contributed by atoms with Crippen LogP contribution in [0.5, 0.6) is 0 Å². The van der Waals surface area contributed by atoms with Crippen LogP contribution in [-0.4, -0.2) is 15.6 Å². The number of aromatic nitrogens is 2. The van der Waals surface area contributed by atoms with Crippen molar-refractivity contribution >= 4 is 40.3 Å². The van der Waals surface area contributed by atoms with Crippen LogP contribution >= 0.6 is 11.6 Å². The highest BCUT2D eigenvalue weighted by molar-refractivity contribution is 6.32. The highest BCUT2D eigenvalue weighted by atomic mass is 35.5. The lowest BCUT2D eigenvalue weighted by atomic mass is 9.93. The molecule has 5 nitrogen and oxygen atoms in total. The minimum absolute atomic E-state index is 0.275. The highest BCUT2D eigenvalue weighted by Gasteiger charge is 2.19. The SMILES string of the molecule is CC(C)c1cccc(C(C)C)c1NC(=O)Nc1nc2ccccc2n1-c1ccccc1Cl. The Labute approximate surface area is 193 Å². The van der Waals surface area contributed by atoms with Crippen molar-refractivity contribution in [1.82, 2.24) is 9.55 Å². The number of carbonyl (C=O) groups excluding carboxylic acids is 1. The summed E-state index contributed by atoms with van der Waals surface area (Å²) in [5, 5.41) is 6.62. The summed E-state index contributed by atoms with van der Waals surface area (Å²) in [6, 6.07) is 21.1. The van der Waals surface area contributed by atoms with Crippen LogP contribution in [0.25, 0.3) is 16.7 Å². The number of imidazole rings is 1. The first-order valence-electron chi connectivity index (χ1n) is 10.8. The topological polar surface area (TPSA) is 59.0 Å². The van der Waals surface area contributed by atoms with E-state index in [2.05, 4.69) is 55.4 Å². The van der Waals surface area contributed by atoms with Crippen molar-refractivity contribution < 1.29 is 4.79 Å². The molecule has 0 aliphatic heterocycles. The zero-order chi connectivity index (χ0) is 22.8. The largest absolute Gasteiger partial charge is 0.326 e. The third-order valence-corrected chi connectivity index (χ3v) is 5.81. The first kappa shape index (κ1) is 21.9. The summed E-state index contributed by atoms with van der Waals surface area (Å²) in [4.78, 5) is 17.8. The van der Waals surface area contributed by atoms with Crippen LogP contribution in [0.1, 0.15) is 50.7 Å². The molecule has 1 heterocycles. The van der Waals surface area contributed by atoms with Crippen LogP contribution < -0.4 is 10.6 Å². The predicted octanol–water partition coefficient (Wildman–Crippen LogP) is 7.57. The number of urea groups is 1. The summed E-state index contributed by atoms with van der Waals surface area (Å²) in [6.07, 6.45) is 0. The van der Waals surface area contributed by atoms with Gasteiger partial charge in [-0.3, -0.25) is 9.88 Å². The fraction of sp³-hybridized carbons (Fsp3) is 0.231. The smallest absolute Gasteiger partial charge is 0.307 e. The molecule has 0 atom stereocenters. The van der Waals surface area contributed by atoms with E-state index in [-0.39, 0.29) is 17.9 Å². The van der Waals surface area contributed by atoms with Crippen LogP contribution in [0.2, 0.25) is 5.02 Å². The van der Waals surface area contributed by atoms with E-state index in [1.165, 1.54) is 0 Å². The van der Waals surface area contributed by atoms with Gasteiger partial charge in [-0.2, -0.15) is 0 Å². The standard InChI is InChI=1S/C26H27ClN4O/c1-16(2)18-10-9-11-19(17(3)4)24(18)29-26(32)30-25-28-21-13-6-8-15-23(21)31(25)22-14-7-5-12-20(22)27/h5-17H,1-4H3,(H2,28,29,30,32). The van der Waals surface area contributed by atoms with Crippen molar-refractivity contribution in [1.29, 1.82) is 0 Å². The molecule has 1 aromatic heterocycles. The number of amides is 2. The highest BCUT2D eigenvalue weighted by Crippen LogP contribution is 2.33. The van der Waals surface area contributed by atoms with E-state index >= 15 is 0 Å². The predicted molar refractivity (Wildman–Crippen MR) is 133 cm³/mol. The molecule has 0 aliphatic carbocycles. The Morgan fingerprint density at radius 1 is 0.844 bits per heavy atom. The Morgan fingerprint density at radius 2 is 1.47 bits per heavy atom. The number of fused-ring (bicyclic) bond motifs is 1. The number of hydrogen-bond donors (Lipinski definition) is 2. The van der Waals surface area contributed by atoms with Crippen LogP contribution in [0.3, 0.4) is 0 Å². The molecule has 3 aromatic carbocycles. The third kappa shape index (κ3) is 4.21. The van der Waals surface area contributed by atoms with Crippen LogP contribution in [0.15, 0.2) is 66.7 Å². The quantitative estimate of drug-likeness (QED) is 0.332. The zero-order valence-corrected chi connectivity index (χ0v) is 19.4. The maximum Gasteiger partial charge on any atom is 0.326 e. The van der Waals surface area contributed by atoms with Crippen molar-refractivity contribution in [3.05, 3.63) is 82.9 Å². The van der Waals surface area contributed by atoms with E-state index in [0.29, 0.717) is 11.0 Å². The molecule has 2 amide bonds. The van der Waals surface area contributed by atoms with E-state index in [0.717, 1.165) is 33.5 Å². The van der Waals surface area contributed by atoms with Gasteiger partial charge < -0.3 is 5.32 Å². The molecule has 0 spiro atoms. The Morgan fingerprint density at radius 3 is 2.12 bits per heavy atom. The van der Waals surface area contributed by atoms with Gasteiger partial charge in [0.05, 0.1) is 21.7 Å². The van der Waals surface area contributed by atoms with Gasteiger partial charge in [0.15, 0.2) is 0 Å². The summed E-state index contributed by atoms with van der Waals surface area (Å²) in [5.74, 6) is 0.957. The molecular weight excluding hydrogens is 420 g/mol. The molecule has 0 radical (unpaired) electrons. The number of hydrogen-bond acceptors (Lipinski definition) is 2. The number of carbonyl (C=O) groups is 1. The molecule has 4 aromatic rings. The number of rotatable bonds is 5. The van der Waals surface area contributed by atoms with Crippen LogP contribution in [0, 0.1) is 0 Å². The molecule has 0 fully saturated rings. The molecule has 0 unspecified atom stereocenters. The lowest BCUT2D eigenvalue weighted by Gasteiger charge is -2.20. The summed E-state index contributed by atoms with van der Waals surface area (Å²) >= 11 is 6.49. The monoisotopic (exact) mass is 446 g/mol. The third-order valence-electron chi connectivity index (χ3n) is 5.49. The second kappa shape index (κ2) is 9.05. The molecule has 4 rings (SSSR count).